The van der Waals surface area contributed by atoms with Gasteiger partial charge in [-0.15, -0.1) is 0 Å². The summed E-state index contributed by atoms with van der Waals surface area (Å²) in [5.74, 6) is 0. The van der Waals surface area contributed by atoms with E-state index in [9.17, 15) is 4.79 Å². The van der Waals surface area contributed by atoms with Crippen LogP contribution >= 0.6 is 11.8 Å². The fraction of sp³-hybridized carbons (Fsp3) is 0.214. The molecule has 0 aliphatic rings. The first-order chi connectivity index (χ1) is 8.60. The van der Waals surface area contributed by atoms with Crippen LogP contribution in [0.2, 0.25) is 0 Å². The normalized spacial score (nSPS) is 10.6. The molecule has 0 unspecified atom stereocenters. The van der Waals surface area contributed by atoms with Gasteiger partial charge >= 0.3 is 0 Å². The predicted octanol–water partition coefficient (Wildman–Crippen LogP) is 2.91. The molecular formula is C14H16N2OS. The summed E-state index contributed by atoms with van der Waals surface area (Å²) in [6.45, 7) is 4.68. The summed E-state index contributed by atoms with van der Waals surface area (Å²) >= 11 is 1.59. The van der Waals surface area contributed by atoms with E-state index in [4.69, 9.17) is 5.73 Å². The molecule has 2 aromatic rings. The molecule has 1 aromatic heterocycles. The first kappa shape index (κ1) is 12.8. The fourth-order valence-electron chi connectivity index (χ4n) is 1.73. The molecule has 3 nitrogen and oxygen atoms in total. The van der Waals surface area contributed by atoms with Crippen LogP contribution in [-0.4, -0.2) is 4.57 Å². The van der Waals surface area contributed by atoms with Gasteiger partial charge in [0.25, 0.3) is 5.56 Å². The van der Waals surface area contributed by atoms with E-state index in [0.717, 1.165) is 21.0 Å². The first-order valence-corrected chi connectivity index (χ1v) is 6.66. The Labute approximate surface area is 111 Å². The Bertz CT molecular complexity index is 619. The van der Waals surface area contributed by atoms with Crippen LogP contribution in [0.15, 0.2) is 51.1 Å². The molecule has 2 rings (SSSR count). The lowest BCUT2D eigenvalue weighted by Crippen LogP contribution is -2.16. The quantitative estimate of drug-likeness (QED) is 0.863. The van der Waals surface area contributed by atoms with Crippen molar-refractivity contribution in [3.8, 4) is 0 Å². The number of nitrogen functional groups attached to an aromatic ring is 1. The van der Waals surface area contributed by atoms with Crippen LogP contribution < -0.4 is 11.3 Å². The smallest absolute Gasteiger partial charge is 0.251 e. The molecule has 0 aliphatic heterocycles. The Kier molecular flexibility index (Phi) is 3.77. The van der Waals surface area contributed by atoms with Gasteiger partial charge in [-0.1, -0.05) is 11.8 Å². The van der Waals surface area contributed by atoms with Crippen molar-refractivity contribution in [2.24, 2.45) is 0 Å². The number of benzene rings is 1. The molecule has 1 heterocycles. The molecule has 1 aromatic carbocycles. The summed E-state index contributed by atoms with van der Waals surface area (Å²) < 4.78 is 1.68. The van der Waals surface area contributed by atoms with Crippen molar-refractivity contribution in [2.45, 2.75) is 30.2 Å². The number of pyridine rings is 1. The minimum atomic E-state index is 0.0376. The van der Waals surface area contributed by atoms with Crippen LogP contribution in [0.3, 0.4) is 0 Å². The van der Waals surface area contributed by atoms with Crippen molar-refractivity contribution >= 4 is 17.4 Å². The number of anilines is 1. The van der Waals surface area contributed by atoms with Crippen LogP contribution in [0.5, 0.6) is 0 Å². The van der Waals surface area contributed by atoms with Gasteiger partial charge in [0.05, 0.1) is 0 Å². The highest BCUT2D eigenvalue weighted by molar-refractivity contribution is 7.99. The molecule has 0 aliphatic carbocycles. The Balaban J connectivity index is 2.29. The van der Waals surface area contributed by atoms with Crippen LogP contribution in [0.25, 0.3) is 0 Å². The second-order valence-corrected chi connectivity index (χ2v) is 5.23. The highest BCUT2D eigenvalue weighted by Crippen LogP contribution is 2.30. The van der Waals surface area contributed by atoms with Crippen molar-refractivity contribution in [1.29, 1.82) is 0 Å². The highest BCUT2D eigenvalue weighted by Gasteiger charge is 2.03. The average molecular weight is 260 g/mol. The number of aryl methyl sites for hydroxylation is 2. The Morgan fingerprint density at radius 3 is 2.67 bits per heavy atom. The summed E-state index contributed by atoms with van der Waals surface area (Å²) in [6, 6.07) is 9.44. The number of nitrogens with two attached hydrogens (primary N) is 1. The molecule has 0 fully saturated rings. The zero-order valence-corrected chi connectivity index (χ0v) is 11.3. The van der Waals surface area contributed by atoms with E-state index in [2.05, 4.69) is 0 Å². The second-order valence-electron chi connectivity index (χ2n) is 4.11. The highest BCUT2D eigenvalue weighted by atomic mass is 32.2. The fourth-order valence-corrected chi connectivity index (χ4v) is 2.63. The second kappa shape index (κ2) is 5.31. The summed E-state index contributed by atoms with van der Waals surface area (Å²) in [4.78, 5) is 13.8. The van der Waals surface area contributed by atoms with Crippen molar-refractivity contribution in [1.82, 2.24) is 4.57 Å². The minimum Gasteiger partial charge on any atom is -0.399 e. The van der Waals surface area contributed by atoms with Crippen molar-refractivity contribution < 1.29 is 0 Å². The molecule has 94 valence electrons. The number of rotatable bonds is 3. The van der Waals surface area contributed by atoms with E-state index in [1.807, 2.05) is 44.3 Å². The third kappa shape index (κ3) is 2.76. The third-order valence-electron chi connectivity index (χ3n) is 2.74. The largest absolute Gasteiger partial charge is 0.399 e. The summed E-state index contributed by atoms with van der Waals surface area (Å²) in [5.41, 5.74) is 7.64. The van der Waals surface area contributed by atoms with E-state index in [1.54, 1.807) is 22.4 Å². The topological polar surface area (TPSA) is 48.0 Å². The van der Waals surface area contributed by atoms with Crippen molar-refractivity contribution in [3.63, 3.8) is 0 Å². The SMILES string of the molecule is CCn1ccc(Sc2ccc(N)cc2C)cc1=O. The van der Waals surface area contributed by atoms with Crippen LogP contribution in [-0.2, 0) is 6.54 Å². The van der Waals surface area contributed by atoms with Crippen molar-refractivity contribution in [2.75, 3.05) is 5.73 Å². The third-order valence-corrected chi connectivity index (χ3v) is 3.90. The summed E-state index contributed by atoms with van der Waals surface area (Å²) in [7, 11) is 0. The number of aromatic nitrogens is 1. The molecule has 0 saturated heterocycles. The lowest BCUT2D eigenvalue weighted by Gasteiger charge is -2.07. The maximum atomic E-state index is 11.7. The van der Waals surface area contributed by atoms with E-state index in [1.165, 1.54) is 0 Å². The van der Waals surface area contributed by atoms with Gasteiger partial charge in [-0.3, -0.25) is 4.79 Å². The number of nitrogens with zero attached hydrogens (tertiary/aromatic N) is 1. The Morgan fingerprint density at radius 1 is 1.28 bits per heavy atom. The molecule has 0 bridgehead atoms. The predicted molar refractivity (Wildman–Crippen MR) is 76.1 cm³/mol. The molecule has 0 saturated carbocycles. The minimum absolute atomic E-state index is 0.0376. The van der Waals surface area contributed by atoms with Gasteiger partial charge in [-0.05, 0) is 43.7 Å². The Hall–Kier alpha value is -1.68. The van der Waals surface area contributed by atoms with Gasteiger partial charge in [-0.25, -0.2) is 0 Å². The van der Waals surface area contributed by atoms with Gasteiger partial charge in [0.15, 0.2) is 0 Å². The number of hydrogen-bond acceptors (Lipinski definition) is 3. The van der Waals surface area contributed by atoms with E-state index < -0.39 is 0 Å². The molecule has 18 heavy (non-hydrogen) atoms. The average Bonchev–Trinajstić information content (AvgIpc) is 2.33. The zero-order valence-electron chi connectivity index (χ0n) is 10.5. The van der Waals surface area contributed by atoms with Gasteiger partial charge < -0.3 is 10.3 Å². The monoisotopic (exact) mass is 260 g/mol. The van der Waals surface area contributed by atoms with E-state index in [0.29, 0.717) is 6.54 Å². The van der Waals surface area contributed by atoms with Crippen LogP contribution in [0.1, 0.15) is 12.5 Å². The van der Waals surface area contributed by atoms with E-state index in [-0.39, 0.29) is 5.56 Å². The van der Waals surface area contributed by atoms with Crippen LogP contribution in [0, 0.1) is 6.92 Å². The lowest BCUT2D eigenvalue weighted by molar-refractivity contribution is 0.722. The standard InChI is InChI=1S/C14H16N2OS/c1-3-16-7-6-12(9-14(16)17)18-13-5-4-11(15)8-10(13)2/h4-9H,3,15H2,1-2H3. The van der Waals surface area contributed by atoms with Gasteiger partial charge in [0.2, 0.25) is 0 Å². The van der Waals surface area contributed by atoms with Crippen LogP contribution in [0.4, 0.5) is 5.69 Å². The summed E-state index contributed by atoms with van der Waals surface area (Å²) in [5, 5.41) is 0. The molecule has 0 amide bonds. The maximum absolute atomic E-state index is 11.7. The lowest BCUT2D eigenvalue weighted by atomic mass is 10.2. The summed E-state index contributed by atoms with van der Waals surface area (Å²) in [6.07, 6.45) is 1.83. The molecule has 4 heteroatoms. The van der Waals surface area contributed by atoms with Gasteiger partial charge in [0.1, 0.15) is 0 Å². The number of hydrogen-bond donors (Lipinski definition) is 1. The molecular weight excluding hydrogens is 244 g/mol. The molecule has 0 radical (unpaired) electrons. The zero-order chi connectivity index (χ0) is 13.1. The van der Waals surface area contributed by atoms with Crippen molar-refractivity contribution in [3.05, 3.63) is 52.4 Å². The Morgan fingerprint density at radius 2 is 2.06 bits per heavy atom. The van der Waals surface area contributed by atoms with Gasteiger partial charge in [0, 0.05) is 34.3 Å². The first-order valence-electron chi connectivity index (χ1n) is 5.84. The van der Waals surface area contributed by atoms with Gasteiger partial charge in [-0.2, -0.15) is 0 Å². The molecule has 0 atom stereocenters. The molecule has 2 N–H and O–H groups in total. The maximum Gasteiger partial charge on any atom is 0.251 e. The molecule has 0 spiro atoms. The van der Waals surface area contributed by atoms with E-state index >= 15 is 0 Å².